The standard InChI is InChI=1S/C24H31N3O2/c1-23(2)19-24(11-17-29-23,22(28)21-10-6-7-12-25-21)27-15-13-26(14-16-27)18-20-8-4-3-5-9-20/h3-10,12H,11,13-19H2,1-2H3/t24-/m1/s1. The fourth-order valence-electron chi connectivity index (χ4n) is 4.86. The molecule has 0 aliphatic carbocycles. The van der Waals surface area contributed by atoms with Crippen LogP contribution in [0.5, 0.6) is 0 Å². The van der Waals surface area contributed by atoms with Crippen LogP contribution in [-0.4, -0.2) is 64.5 Å². The number of piperazine rings is 1. The number of Topliss-reactive ketones (excluding diaryl/α,β-unsaturated/α-hetero) is 1. The van der Waals surface area contributed by atoms with E-state index >= 15 is 0 Å². The Morgan fingerprint density at radius 3 is 2.41 bits per heavy atom. The first-order chi connectivity index (χ1) is 14.0. The molecule has 0 spiro atoms. The van der Waals surface area contributed by atoms with E-state index in [1.807, 2.05) is 18.2 Å². The van der Waals surface area contributed by atoms with Gasteiger partial charge >= 0.3 is 0 Å². The van der Waals surface area contributed by atoms with Crippen molar-refractivity contribution in [3.05, 3.63) is 66.0 Å². The van der Waals surface area contributed by atoms with Gasteiger partial charge in [0.2, 0.25) is 5.78 Å². The van der Waals surface area contributed by atoms with Gasteiger partial charge in [-0.15, -0.1) is 0 Å². The van der Waals surface area contributed by atoms with Crippen LogP contribution in [0.25, 0.3) is 0 Å². The lowest BCUT2D eigenvalue weighted by Crippen LogP contribution is -2.65. The number of ether oxygens (including phenoxy) is 1. The van der Waals surface area contributed by atoms with Crippen LogP contribution >= 0.6 is 0 Å². The van der Waals surface area contributed by atoms with Gasteiger partial charge in [-0.25, -0.2) is 0 Å². The zero-order valence-corrected chi connectivity index (χ0v) is 17.5. The zero-order chi connectivity index (χ0) is 20.3. The molecule has 5 nitrogen and oxygen atoms in total. The van der Waals surface area contributed by atoms with Gasteiger partial charge in [0.25, 0.3) is 0 Å². The highest BCUT2D eigenvalue weighted by Gasteiger charge is 2.51. The van der Waals surface area contributed by atoms with Crippen molar-refractivity contribution >= 4 is 5.78 Å². The monoisotopic (exact) mass is 393 g/mol. The van der Waals surface area contributed by atoms with E-state index < -0.39 is 5.54 Å². The van der Waals surface area contributed by atoms with Crippen molar-refractivity contribution in [1.29, 1.82) is 0 Å². The number of aromatic nitrogens is 1. The topological polar surface area (TPSA) is 45.7 Å². The van der Waals surface area contributed by atoms with Crippen LogP contribution in [0, 0.1) is 0 Å². The largest absolute Gasteiger partial charge is 0.375 e. The van der Waals surface area contributed by atoms with E-state index in [4.69, 9.17) is 4.74 Å². The van der Waals surface area contributed by atoms with Crippen LogP contribution in [0.1, 0.15) is 42.7 Å². The first-order valence-electron chi connectivity index (χ1n) is 10.6. The molecule has 2 aliphatic heterocycles. The second kappa shape index (κ2) is 8.34. The fraction of sp³-hybridized carbons (Fsp3) is 0.500. The first kappa shape index (κ1) is 20.2. The first-order valence-corrected chi connectivity index (χ1v) is 10.6. The Kier molecular flexibility index (Phi) is 5.81. The van der Waals surface area contributed by atoms with Crippen LogP contribution in [0.4, 0.5) is 0 Å². The number of pyridine rings is 1. The summed E-state index contributed by atoms with van der Waals surface area (Å²) in [6, 6.07) is 16.2. The van der Waals surface area contributed by atoms with Crippen molar-refractivity contribution in [2.75, 3.05) is 32.8 Å². The summed E-state index contributed by atoms with van der Waals surface area (Å²) in [7, 11) is 0. The predicted molar refractivity (Wildman–Crippen MR) is 114 cm³/mol. The van der Waals surface area contributed by atoms with Crippen molar-refractivity contribution in [3.8, 4) is 0 Å². The lowest BCUT2D eigenvalue weighted by Gasteiger charge is -2.52. The summed E-state index contributed by atoms with van der Waals surface area (Å²) in [5.41, 5.74) is 1.06. The normalized spacial score (nSPS) is 25.6. The van der Waals surface area contributed by atoms with Crippen LogP contribution in [0.2, 0.25) is 0 Å². The maximum Gasteiger partial charge on any atom is 0.201 e. The van der Waals surface area contributed by atoms with Crippen LogP contribution < -0.4 is 0 Å². The average Bonchev–Trinajstić information content (AvgIpc) is 2.74. The highest BCUT2D eigenvalue weighted by atomic mass is 16.5. The van der Waals surface area contributed by atoms with Crippen LogP contribution in [-0.2, 0) is 11.3 Å². The SMILES string of the molecule is CC1(C)C[C@](C(=O)c2ccccn2)(N2CCN(Cc3ccccc3)CC2)CCO1. The summed E-state index contributed by atoms with van der Waals surface area (Å²) in [6.07, 6.45) is 3.14. The molecule has 154 valence electrons. The summed E-state index contributed by atoms with van der Waals surface area (Å²) >= 11 is 0. The molecule has 2 saturated heterocycles. The fourth-order valence-corrected chi connectivity index (χ4v) is 4.86. The van der Waals surface area contributed by atoms with E-state index in [1.54, 1.807) is 6.20 Å². The number of carbonyl (C=O) groups excluding carboxylic acids is 1. The molecule has 2 fully saturated rings. The second-order valence-electron chi connectivity index (χ2n) is 8.86. The van der Waals surface area contributed by atoms with Gasteiger partial charge in [0.15, 0.2) is 0 Å². The molecule has 0 amide bonds. The number of carbonyl (C=O) groups is 1. The number of benzene rings is 1. The van der Waals surface area contributed by atoms with Crippen molar-refractivity contribution in [2.45, 2.75) is 44.4 Å². The molecule has 29 heavy (non-hydrogen) atoms. The third-order valence-electron chi connectivity index (χ3n) is 6.27. The van der Waals surface area contributed by atoms with E-state index in [2.05, 4.69) is 59.0 Å². The molecule has 1 aromatic heterocycles. The molecule has 0 bridgehead atoms. The molecule has 0 radical (unpaired) electrons. The number of rotatable bonds is 5. The summed E-state index contributed by atoms with van der Waals surface area (Å²) in [5.74, 6) is 0.144. The van der Waals surface area contributed by atoms with Gasteiger partial charge in [-0.05, 0) is 38.0 Å². The smallest absolute Gasteiger partial charge is 0.201 e. The van der Waals surface area contributed by atoms with Crippen molar-refractivity contribution in [2.24, 2.45) is 0 Å². The maximum absolute atomic E-state index is 13.7. The lowest BCUT2D eigenvalue weighted by atomic mass is 9.75. The van der Waals surface area contributed by atoms with Gasteiger partial charge in [0.05, 0.1) is 11.1 Å². The van der Waals surface area contributed by atoms with Gasteiger partial charge in [-0.2, -0.15) is 0 Å². The van der Waals surface area contributed by atoms with Crippen LogP contribution in [0.3, 0.4) is 0 Å². The predicted octanol–water partition coefficient (Wildman–Crippen LogP) is 3.41. The van der Waals surface area contributed by atoms with Crippen LogP contribution in [0.15, 0.2) is 54.7 Å². The average molecular weight is 394 g/mol. The Balaban J connectivity index is 1.52. The van der Waals surface area contributed by atoms with Crippen molar-refractivity contribution in [3.63, 3.8) is 0 Å². The third kappa shape index (κ3) is 4.42. The summed E-state index contributed by atoms with van der Waals surface area (Å²) in [5, 5.41) is 0. The van der Waals surface area contributed by atoms with E-state index in [0.717, 1.165) is 39.1 Å². The minimum atomic E-state index is -0.533. The molecule has 3 heterocycles. The van der Waals surface area contributed by atoms with Gasteiger partial charge < -0.3 is 4.74 Å². The van der Waals surface area contributed by atoms with Crippen molar-refractivity contribution < 1.29 is 9.53 Å². The molecule has 4 rings (SSSR count). The number of hydrogen-bond acceptors (Lipinski definition) is 5. The molecule has 0 saturated carbocycles. The van der Waals surface area contributed by atoms with E-state index in [1.165, 1.54) is 5.56 Å². The summed E-state index contributed by atoms with van der Waals surface area (Å²) in [6.45, 7) is 9.47. The Labute approximate surface area is 173 Å². The zero-order valence-electron chi connectivity index (χ0n) is 17.5. The maximum atomic E-state index is 13.7. The Hall–Kier alpha value is -2.08. The quantitative estimate of drug-likeness (QED) is 0.729. The second-order valence-corrected chi connectivity index (χ2v) is 8.86. The summed E-state index contributed by atoms with van der Waals surface area (Å²) < 4.78 is 5.99. The van der Waals surface area contributed by atoms with E-state index in [9.17, 15) is 4.79 Å². The summed E-state index contributed by atoms with van der Waals surface area (Å²) in [4.78, 5) is 23.0. The molecular weight excluding hydrogens is 362 g/mol. The van der Waals surface area contributed by atoms with Gasteiger partial charge in [0.1, 0.15) is 5.69 Å². The minimum absolute atomic E-state index is 0.144. The van der Waals surface area contributed by atoms with Gasteiger partial charge in [0, 0.05) is 51.9 Å². The Morgan fingerprint density at radius 2 is 1.76 bits per heavy atom. The molecule has 1 aromatic carbocycles. The van der Waals surface area contributed by atoms with Gasteiger partial charge in [-0.3, -0.25) is 19.6 Å². The highest BCUT2D eigenvalue weighted by Crippen LogP contribution is 2.39. The molecule has 5 heteroatoms. The van der Waals surface area contributed by atoms with E-state index in [0.29, 0.717) is 18.7 Å². The molecule has 0 unspecified atom stereocenters. The van der Waals surface area contributed by atoms with Crippen molar-refractivity contribution in [1.82, 2.24) is 14.8 Å². The molecule has 2 aromatic rings. The highest BCUT2D eigenvalue weighted by molar-refractivity contribution is 6.02. The number of hydrogen-bond donors (Lipinski definition) is 0. The lowest BCUT2D eigenvalue weighted by molar-refractivity contribution is -0.113. The molecular formula is C24H31N3O2. The minimum Gasteiger partial charge on any atom is -0.375 e. The number of nitrogens with zero attached hydrogens (tertiary/aromatic N) is 3. The number of ketones is 1. The van der Waals surface area contributed by atoms with Gasteiger partial charge in [-0.1, -0.05) is 36.4 Å². The molecule has 0 N–H and O–H groups in total. The third-order valence-corrected chi connectivity index (χ3v) is 6.27. The Bertz CT molecular complexity index is 817. The van der Waals surface area contributed by atoms with E-state index in [-0.39, 0.29) is 11.4 Å². The molecule has 1 atom stereocenters. The molecule has 2 aliphatic rings. The Morgan fingerprint density at radius 1 is 1.03 bits per heavy atom.